The second-order valence-corrected chi connectivity index (χ2v) is 9.40. The maximum atomic E-state index is 13.3. The number of carbonyl (C=O) groups excluding carboxylic acids is 1. The molecule has 1 N–H and O–H groups in total. The third-order valence-electron chi connectivity index (χ3n) is 6.25. The maximum Gasteiger partial charge on any atom is 0.259 e. The van der Waals surface area contributed by atoms with Gasteiger partial charge in [0.15, 0.2) is 5.13 Å². The van der Waals surface area contributed by atoms with E-state index in [0.717, 1.165) is 64.7 Å². The van der Waals surface area contributed by atoms with E-state index in [1.165, 1.54) is 11.3 Å². The second-order valence-electron chi connectivity index (χ2n) is 8.37. The topological polar surface area (TPSA) is 96.4 Å². The molecular formula is C26H23N7O2S. The number of ether oxygens (including phenoxy) is 1. The summed E-state index contributed by atoms with van der Waals surface area (Å²) in [5.74, 6) is 2.15. The lowest BCUT2D eigenvalue weighted by molar-refractivity contribution is 0.102. The van der Waals surface area contributed by atoms with Crippen molar-refractivity contribution >= 4 is 55.1 Å². The summed E-state index contributed by atoms with van der Waals surface area (Å²) < 4.78 is 6.24. The Morgan fingerprint density at radius 3 is 2.47 bits per heavy atom. The van der Waals surface area contributed by atoms with E-state index in [0.29, 0.717) is 10.7 Å². The van der Waals surface area contributed by atoms with Gasteiger partial charge in [0.25, 0.3) is 5.91 Å². The number of methoxy groups -OCH3 is 1. The molecule has 6 rings (SSSR count). The highest BCUT2D eigenvalue weighted by atomic mass is 32.1. The van der Waals surface area contributed by atoms with Crippen LogP contribution in [0.1, 0.15) is 10.4 Å². The number of carbonyl (C=O) groups is 1. The van der Waals surface area contributed by atoms with Gasteiger partial charge in [-0.2, -0.15) is 0 Å². The number of hydrogen-bond acceptors (Lipinski definition) is 9. The summed E-state index contributed by atoms with van der Waals surface area (Å²) in [4.78, 5) is 35.7. The first-order chi connectivity index (χ1) is 17.7. The van der Waals surface area contributed by atoms with E-state index in [1.54, 1.807) is 25.7 Å². The summed E-state index contributed by atoms with van der Waals surface area (Å²) in [6.07, 6.45) is 5.19. The second kappa shape index (κ2) is 9.38. The van der Waals surface area contributed by atoms with Crippen LogP contribution in [0.25, 0.3) is 21.0 Å². The van der Waals surface area contributed by atoms with Crippen molar-refractivity contribution in [1.82, 2.24) is 19.9 Å². The van der Waals surface area contributed by atoms with Crippen LogP contribution in [-0.2, 0) is 0 Å². The van der Waals surface area contributed by atoms with Crippen LogP contribution in [0.3, 0.4) is 0 Å². The molecule has 1 fully saturated rings. The molecule has 0 radical (unpaired) electrons. The molecule has 0 aliphatic carbocycles. The minimum atomic E-state index is -0.234. The predicted octanol–water partition coefficient (Wildman–Crippen LogP) is 4.22. The van der Waals surface area contributed by atoms with Crippen molar-refractivity contribution in [1.29, 1.82) is 0 Å². The van der Waals surface area contributed by atoms with Gasteiger partial charge in [-0.25, -0.2) is 19.9 Å². The van der Waals surface area contributed by atoms with Crippen molar-refractivity contribution in [3.8, 4) is 5.75 Å². The Kier molecular flexibility index (Phi) is 5.78. The quantitative estimate of drug-likeness (QED) is 0.386. The zero-order valence-electron chi connectivity index (χ0n) is 19.6. The largest absolute Gasteiger partial charge is 0.497 e. The van der Waals surface area contributed by atoms with Crippen LogP contribution < -0.4 is 19.9 Å². The van der Waals surface area contributed by atoms with Crippen molar-refractivity contribution in [2.75, 3.05) is 48.4 Å². The van der Waals surface area contributed by atoms with Gasteiger partial charge in [0.2, 0.25) is 5.95 Å². The van der Waals surface area contributed by atoms with Gasteiger partial charge >= 0.3 is 0 Å². The van der Waals surface area contributed by atoms with E-state index in [9.17, 15) is 4.79 Å². The zero-order chi connectivity index (χ0) is 24.5. The Hall–Kier alpha value is -4.31. The number of hydrogen-bond donors (Lipinski definition) is 1. The molecule has 1 amide bonds. The average molecular weight is 498 g/mol. The fraction of sp³-hybridized carbons (Fsp3) is 0.192. The van der Waals surface area contributed by atoms with Crippen molar-refractivity contribution < 1.29 is 9.53 Å². The minimum Gasteiger partial charge on any atom is -0.497 e. The molecular weight excluding hydrogens is 474 g/mol. The molecule has 0 spiro atoms. The molecule has 180 valence electrons. The normalized spacial score (nSPS) is 13.8. The molecule has 0 saturated carbocycles. The highest BCUT2D eigenvalue weighted by Gasteiger charge is 2.23. The maximum absolute atomic E-state index is 13.3. The van der Waals surface area contributed by atoms with Crippen LogP contribution in [-0.4, -0.2) is 59.1 Å². The van der Waals surface area contributed by atoms with Crippen LogP contribution >= 0.6 is 11.3 Å². The first-order valence-electron chi connectivity index (χ1n) is 11.6. The molecule has 9 nitrogen and oxygen atoms in total. The van der Waals surface area contributed by atoms with Crippen LogP contribution in [0, 0.1) is 0 Å². The molecule has 5 aromatic rings. The number of thiazole rings is 1. The molecule has 0 atom stereocenters. The third kappa shape index (κ3) is 4.16. The van der Waals surface area contributed by atoms with E-state index >= 15 is 0 Å². The lowest BCUT2D eigenvalue weighted by atomic mass is 10.1. The van der Waals surface area contributed by atoms with Crippen LogP contribution in [0.2, 0.25) is 0 Å². The molecule has 3 aromatic heterocycles. The van der Waals surface area contributed by atoms with E-state index in [-0.39, 0.29) is 5.91 Å². The summed E-state index contributed by atoms with van der Waals surface area (Å²) in [5.41, 5.74) is 1.33. The van der Waals surface area contributed by atoms with Gasteiger partial charge in [0, 0.05) is 50.2 Å². The first-order valence-corrected chi connectivity index (χ1v) is 12.4. The number of anilines is 3. The standard InChI is InChI=1S/C26H23N7O2S/c1-35-17-7-8-21-22(15-17)36-26(30-21)31-24(34)20-16-29-23(19-6-3-2-5-18(19)20)32-11-13-33(14-12-32)25-27-9-4-10-28-25/h2-10,15-16H,11-14H2,1H3,(H,30,31,34). The number of aromatic nitrogens is 4. The van der Waals surface area contributed by atoms with Crippen LogP contribution in [0.5, 0.6) is 5.75 Å². The van der Waals surface area contributed by atoms with Gasteiger partial charge in [0.05, 0.1) is 22.9 Å². The van der Waals surface area contributed by atoms with E-state index in [4.69, 9.17) is 9.72 Å². The fourth-order valence-corrected chi connectivity index (χ4v) is 5.32. The number of rotatable bonds is 5. The van der Waals surface area contributed by atoms with Gasteiger partial charge in [-0.05, 0) is 29.7 Å². The summed E-state index contributed by atoms with van der Waals surface area (Å²) in [7, 11) is 1.63. The number of benzene rings is 2. The molecule has 1 aliphatic rings. The molecule has 10 heteroatoms. The SMILES string of the molecule is COc1ccc2nc(NC(=O)c3cnc(N4CCN(c5ncccn5)CC4)c4ccccc34)sc2c1. The Morgan fingerprint density at radius 2 is 1.69 bits per heavy atom. The lowest BCUT2D eigenvalue weighted by Crippen LogP contribution is -2.47. The first kappa shape index (κ1) is 22.2. The molecule has 4 heterocycles. The van der Waals surface area contributed by atoms with E-state index in [2.05, 4.69) is 30.1 Å². The Labute approximate surface area is 211 Å². The van der Waals surface area contributed by atoms with Gasteiger partial charge < -0.3 is 14.5 Å². The van der Waals surface area contributed by atoms with Gasteiger partial charge in [-0.1, -0.05) is 35.6 Å². The lowest BCUT2D eigenvalue weighted by Gasteiger charge is -2.35. The summed E-state index contributed by atoms with van der Waals surface area (Å²) in [6.45, 7) is 3.17. The number of pyridine rings is 1. The molecule has 0 unspecified atom stereocenters. The number of amides is 1. The molecule has 36 heavy (non-hydrogen) atoms. The van der Waals surface area contributed by atoms with Crippen LogP contribution in [0.15, 0.2) is 67.1 Å². The Bertz CT molecular complexity index is 1550. The zero-order valence-corrected chi connectivity index (χ0v) is 20.4. The number of nitrogens with one attached hydrogen (secondary N) is 1. The predicted molar refractivity (Wildman–Crippen MR) is 142 cm³/mol. The fourth-order valence-electron chi connectivity index (χ4n) is 4.43. The van der Waals surface area contributed by atoms with Gasteiger partial charge in [-0.3, -0.25) is 10.1 Å². The van der Waals surface area contributed by atoms with E-state index < -0.39 is 0 Å². The average Bonchev–Trinajstić information content (AvgIpc) is 3.34. The molecule has 1 aliphatic heterocycles. The summed E-state index contributed by atoms with van der Waals surface area (Å²) in [5, 5.41) is 5.30. The van der Waals surface area contributed by atoms with Crippen molar-refractivity contribution in [3.05, 3.63) is 72.7 Å². The summed E-state index contributed by atoms with van der Waals surface area (Å²) in [6, 6.07) is 15.4. The van der Waals surface area contributed by atoms with Crippen molar-refractivity contribution in [2.24, 2.45) is 0 Å². The van der Waals surface area contributed by atoms with E-state index in [1.807, 2.05) is 48.5 Å². The third-order valence-corrected chi connectivity index (χ3v) is 7.18. The molecule has 2 aromatic carbocycles. The molecule has 0 bridgehead atoms. The highest BCUT2D eigenvalue weighted by Crippen LogP contribution is 2.31. The van der Waals surface area contributed by atoms with Crippen molar-refractivity contribution in [2.45, 2.75) is 0 Å². The Morgan fingerprint density at radius 1 is 0.944 bits per heavy atom. The number of nitrogens with zero attached hydrogens (tertiary/aromatic N) is 6. The number of fused-ring (bicyclic) bond motifs is 2. The van der Waals surface area contributed by atoms with Crippen LogP contribution in [0.4, 0.5) is 16.9 Å². The smallest absolute Gasteiger partial charge is 0.259 e. The monoisotopic (exact) mass is 497 g/mol. The highest BCUT2D eigenvalue weighted by molar-refractivity contribution is 7.22. The number of piperazine rings is 1. The van der Waals surface area contributed by atoms with Crippen molar-refractivity contribution in [3.63, 3.8) is 0 Å². The summed E-state index contributed by atoms with van der Waals surface area (Å²) >= 11 is 1.41. The van der Waals surface area contributed by atoms with Gasteiger partial charge in [-0.15, -0.1) is 0 Å². The minimum absolute atomic E-state index is 0.234. The molecule has 1 saturated heterocycles. The Balaban J connectivity index is 1.24. The van der Waals surface area contributed by atoms with Gasteiger partial charge in [0.1, 0.15) is 11.6 Å².